The molecule has 2 atom stereocenters. The fourth-order valence-electron chi connectivity index (χ4n) is 4.86. The van der Waals surface area contributed by atoms with Gasteiger partial charge in [0.05, 0.1) is 17.1 Å². The fourth-order valence-corrected chi connectivity index (χ4v) is 4.86. The number of nitrogens with zero attached hydrogens (tertiary/aromatic N) is 5. The Kier molecular flexibility index (Phi) is 5.82. The molecule has 3 heterocycles. The zero-order chi connectivity index (χ0) is 21.2. The van der Waals surface area contributed by atoms with E-state index in [2.05, 4.69) is 20.4 Å². The number of fused-ring (bicyclic) bond motifs is 1. The Morgan fingerprint density at radius 1 is 1.03 bits per heavy atom. The third-order valence-electron chi connectivity index (χ3n) is 6.50. The molecule has 1 saturated heterocycles. The van der Waals surface area contributed by atoms with Crippen LogP contribution in [0, 0.1) is 6.92 Å². The van der Waals surface area contributed by atoms with E-state index in [0.717, 1.165) is 36.4 Å². The van der Waals surface area contributed by atoms with Crippen LogP contribution in [0.25, 0.3) is 22.6 Å². The number of nitrogens with one attached hydrogen (secondary N) is 1. The summed E-state index contributed by atoms with van der Waals surface area (Å²) in [6, 6.07) is 8.85. The summed E-state index contributed by atoms with van der Waals surface area (Å²) in [5, 5.41) is 7.84. The molecule has 1 aliphatic carbocycles. The summed E-state index contributed by atoms with van der Waals surface area (Å²) in [4.78, 5) is 16.5. The minimum Gasteiger partial charge on any atom is -0.378 e. The number of aryl methyl sites for hydroxylation is 1. The second-order valence-electron chi connectivity index (χ2n) is 8.65. The number of para-hydroxylation sites is 2. The number of benzene rings is 1. The standard InChI is InChI=1S/C23H30N6O2/c1-15-24-23(31-28-15)21-22(27-18-11-7-6-10-17(18)26-21)29-13-12-19(20(14-29)30-2)25-16-8-4-3-5-9-16/h6-7,10-11,16,19-20,25H,3-5,8-9,12-14H2,1-2H3/t19-,20+/m1/s1. The van der Waals surface area contributed by atoms with E-state index >= 15 is 0 Å². The second-order valence-corrected chi connectivity index (χ2v) is 8.65. The van der Waals surface area contributed by atoms with Crippen LogP contribution >= 0.6 is 0 Å². The molecule has 31 heavy (non-hydrogen) atoms. The maximum atomic E-state index is 5.93. The lowest BCUT2D eigenvalue weighted by molar-refractivity contribution is 0.0534. The summed E-state index contributed by atoms with van der Waals surface area (Å²) >= 11 is 0. The molecule has 0 radical (unpaired) electrons. The number of aromatic nitrogens is 4. The van der Waals surface area contributed by atoms with Gasteiger partial charge in [0.25, 0.3) is 5.89 Å². The highest BCUT2D eigenvalue weighted by atomic mass is 16.5. The highest BCUT2D eigenvalue weighted by molar-refractivity contribution is 5.81. The van der Waals surface area contributed by atoms with Gasteiger partial charge in [-0.3, -0.25) is 0 Å². The van der Waals surface area contributed by atoms with Gasteiger partial charge in [-0.2, -0.15) is 4.98 Å². The van der Waals surface area contributed by atoms with Crippen LogP contribution in [0.3, 0.4) is 0 Å². The van der Waals surface area contributed by atoms with Crippen molar-refractivity contribution in [1.29, 1.82) is 0 Å². The number of methoxy groups -OCH3 is 1. The van der Waals surface area contributed by atoms with Crippen LogP contribution in [0.2, 0.25) is 0 Å². The maximum Gasteiger partial charge on any atom is 0.280 e. The van der Waals surface area contributed by atoms with Crippen molar-refractivity contribution in [3.63, 3.8) is 0 Å². The quantitative estimate of drug-likeness (QED) is 0.668. The Balaban J connectivity index is 1.43. The number of anilines is 1. The molecular weight excluding hydrogens is 392 g/mol. The zero-order valence-electron chi connectivity index (χ0n) is 18.3. The van der Waals surface area contributed by atoms with Gasteiger partial charge < -0.3 is 19.5 Å². The average Bonchev–Trinajstić information content (AvgIpc) is 3.25. The summed E-state index contributed by atoms with van der Waals surface area (Å²) in [7, 11) is 1.80. The van der Waals surface area contributed by atoms with Crippen LogP contribution in [0.1, 0.15) is 44.3 Å². The second kappa shape index (κ2) is 8.88. The highest BCUT2D eigenvalue weighted by Gasteiger charge is 2.33. The summed E-state index contributed by atoms with van der Waals surface area (Å²) < 4.78 is 11.4. The molecule has 0 spiro atoms. The van der Waals surface area contributed by atoms with E-state index in [-0.39, 0.29) is 6.10 Å². The molecule has 2 aromatic heterocycles. The third-order valence-corrected chi connectivity index (χ3v) is 6.50. The molecule has 0 bridgehead atoms. The van der Waals surface area contributed by atoms with Crippen molar-refractivity contribution in [2.45, 2.75) is 63.6 Å². The van der Waals surface area contributed by atoms with Crippen molar-refractivity contribution in [3.05, 3.63) is 30.1 Å². The number of hydrogen-bond donors (Lipinski definition) is 1. The number of piperidine rings is 1. The number of rotatable bonds is 5. The molecule has 3 aromatic rings. The molecule has 8 heteroatoms. The minimum absolute atomic E-state index is 0.0845. The Bertz CT molecular complexity index is 1030. The first-order valence-corrected chi connectivity index (χ1v) is 11.3. The topological polar surface area (TPSA) is 89.2 Å². The zero-order valence-corrected chi connectivity index (χ0v) is 18.3. The molecule has 2 fully saturated rings. The Morgan fingerprint density at radius 3 is 2.52 bits per heavy atom. The first-order chi connectivity index (χ1) is 15.2. The summed E-state index contributed by atoms with van der Waals surface area (Å²) in [6.07, 6.45) is 7.64. The van der Waals surface area contributed by atoms with Crippen LogP contribution in [-0.2, 0) is 4.74 Å². The first-order valence-electron chi connectivity index (χ1n) is 11.3. The van der Waals surface area contributed by atoms with E-state index in [1.165, 1.54) is 32.1 Å². The van der Waals surface area contributed by atoms with E-state index in [0.29, 0.717) is 29.5 Å². The highest BCUT2D eigenvalue weighted by Crippen LogP contribution is 2.31. The fraction of sp³-hybridized carbons (Fsp3) is 0.565. The van der Waals surface area contributed by atoms with E-state index in [1.807, 2.05) is 31.2 Å². The molecule has 0 unspecified atom stereocenters. The summed E-state index contributed by atoms with van der Waals surface area (Å²) in [5.74, 6) is 1.77. The molecule has 1 aromatic carbocycles. The molecule has 1 saturated carbocycles. The van der Waals surface area contributed by atoms with Crippen molar-refractivity contribution in [1.82, 2.24) is 25.4 Å². The van der Waals surface area contributed by atoms with Crippen LogP contribution in [0.5, 0.6) is 0 Å². The van der Waals surface area contributed by atoms with Gasteiger partial charge in [-0.1, -0.05) is 36.6 Å². The van der Waals surface area contributed by atoms with Gasteiger partial charge in [-0.25, -0.2) is 9.97 Å². The van der Waals surface area contributed by atoms with Gasteiger partial charge in [0, 0.05) is 32.3 Å². The van der Waals surface area contributed by atoms with Gasteiger partial charge in [0.2, 0.25) is 0 Å². The Hall–Kier alpha value is -2.58. The van der Waals surface area contributed by atoms with Gasteiger partial charge in [-0.05, 0) is 38.3 Å². The van der Waals surface area contributed by atoms with Crippen molar-refractivity contribution < 1.29 is 9.26 Å². The third kappa shape index (κ3) is 4.27. The van der Waals surface area contributed by atoms with Gasteiger partial charge in [-0.15, -0.1) is 0 Å². The number of hydrogen-bond acceptors (Lipinski definition) is 8. The van der Waals surface area contributed by atoms with E-state index in [9.17, 15) is 0 Å². The normalized spacial score (nSPS) is 22.8. The van der Waals surface area contributed by atoms with Crippen LogP contribution in [-0.4, -0.2) is 58.5 Å². The predicted molar refractivity (Wildman–Crippen MR) is 119 cm³/mol. The Labute approximate surface area is 182 Å². The number of ether oxygens (including phenoxy) is 1. The monoisotopic (exact) mass is 422 g/mol. The Morgan fingerprint density at radius 2 is 1.81 bits per heavy atom. The SMILES string of the molecule is CO[C@H]1CN(c2nc3ccccc3nc2-c2nc(C)no2)CC[C@H]1NC1CCCCC1. The van der Waals surface area contributed by atoms with Crippen molar-refractivity contribution in [2.24, 2.45) is 0 Å². The summed E-state index contributed by atoms with van der Waals surface area (Å²) in [5.41, 5.74) is 2.30. The van der Waals surface area contributed by atoms with Crippen molar-refractivity contribution >= 4 is 16.9 Å². The van der Waals surface area contributed by atoms with Crippen LogP contribution in [0.4, 0.5) is 5.82 Å². The minimum atomic E-state index is 0.0845. The maximum absolute atomic E-state index is 5.93. The molecule has 164 valence electrons. The van der Waals surface area contributed by atoms with E-state index < -0.39 is 0 Å². The molecule has 8 nitrogen and oxygen atoms in total. The summed E-state index contributed by atoms with van der Waals surface area (Å²) in [6.45, 7) is 3.43. The molecule has 5 rings (SSSR count). The molecule has 2 aliphatic rings. The lowest BCUT2D eigenvalue weighted by Crippen LogP contribution is -2.56. The van der Waals surface area contributed by atoms with Crippen LogP contribution in [0.15, 0.2) is 28.8 Å². The van der Waals surface area contributed by atoms with Gasteiger partial charge >= 0.3 is 0 Å². The van der Waals surface area contributed by atoms with Crippen LogP contribution < -0.4 is 10.2 Å². The molecule has 0 amide bonds. The predicted octanol–water partition coefficient (Wildman–Crippen LogP) is 3.50. The van der Waals surface area contributed by atoms with Crippen molar-refractivity contribution in [2.75, 3.05) is 25.1 Å². The average molecular weight is 423 g/mol. The first kappa shape index (κ1) is 20.3. The molecule has 1 N–H and O–H groups in total. The lowest BCUT2D eigenvalue weighted by atomic mass is 9.92. The lowest BCUT2D eigenvalue weighted by Gasteiger charge is -2.41. The molecule has 1 aliphatic heterocycles. The smallest absolute Gasteiger partial charge is 0.280 e. The molecular formula is C23H30N6O2. The van der Waals surface area contributed by atoms with Gasteiger partial charge in [0.15, 0.2) is 17.3 Å². The van der Waals surface area contributed by atoms with E-state index in [4.69, 9.17) is 19.2 Å². The van der Waals surface area contributed by atoms with Crippen molar-refractivity contribution in [3.8, 4) is 11.6 Å². The van der Waals surface area contributed by atoms with Gasteiger partial charge in [0.1, 0.15) is 0 Å². The largest absolute Gasteiger partial charge is 0.378 e. The van der Waals surface area contributed by atoms with E-state index in [1.54, 1.807) is 7.11 Å².